The molecule has 3 aromatic rings. The molecule has 0 spiro atoms. The van der Waals surface area contributed by atoms with Gasteiger partial charge < -0.3 is 14.5 Å². The van der Waals surface area contributed by atoms with Gasteiger partial charge in [0.1, 0.15) is 11.5 Å². The lowest BCUT2D eigenvalue weighted by Gasteiger charge is -2.06. The van der Waals surface area contributed by atoms with Crippen LogP contribution in [0.4, 0.5) is 4.39 Å². The third kappa shape index (κ3) is 3.43. The number of rotatable bonds is 5. The van der Waals surface area contributed by atoms with Gasteiger partial charge in [-0.15, -0.1) is 0 Å². The average molecular weight is 331 g/mol. The highest BCUT2D eigenvalue weighted by Crippen LogP contribution is 2.24. The molecular weight excluding hydrogens is 317 g/mol. The number of halogens is 1. The topological polar surface area (TPSA) is 51.5 Å². The molecule has 1 aromatic carbocycles. The van der Waals surface area contributed by atoms with E-state index >= 15 is 0 Å². The lowest BCUT2D eigenvalue weighted by molar-refractivity contribution is 0.0947. The maximum atomic E-state index is 13.6. The lowest BCUT2D eigenvalue weighted by Crippen LogP contribution is -2.22. The van der Waals surface area contributed by atoms with Gasteiger partial charge in [0.25, 0.3) is 5.91 Å². The number of amides is 1. The molecule has 0 saturated heterocycles. The van der Waals surface area contributed by atoms with E-state index in [1.807, 2.05) is 29.0 Å². The molecule has 0 aliphatic heterocycles. The van der Waals surface area contributed by atoms with E-state index in [4.69, 9.17) is 9.15 Å². The monoisotopic (exact) mass is 331 g/mol. The molecule has 1 N–H and O–H groups in total. The number of nitrogens with one attached hydrogen (secondary N) is 1. The van der Waals surface area contributed by atoms with E-state index in [2.05, 4.69) is 5.32 Å². The Morgan fingerprint density at radius 3 is 2.87 bits per heavy atom. The van der Waals surface area contributed by atoms with Crippen molar-refractivity contribution in [3.63, 3.8) is 0 Å². The molecule has 0 aliphatic rings. The maximum absolute atomic E-state index is 13.6. The molecule has 0 saturated carbocycles. The number of hydrogen-bond donors (Lipinski definition) is 1. The van der Waals surface area contributed by atoms with Crippen LogP contribution in [0.2, 0.25) is 0 Å². The zero-order chi connectivity index (χ0) is 16.2. The average Bonchev–Trinajstić information content (AvgIpc) is 3.23. The Morgan fingerprint density at radius 1 is 1.30 bits per heavy atom. The summed E-state index contributed by atoms with van der Waals surface area (Å²) >= 11 is 1.59. The van der Waals surface area contributed by atoms with Crippen molar-refractivity contribution in [1.29, 1.82) is 0 Å². The first kappa shape index (κ1) is 15.3. The Bertz CT molecular complexity index is 811. The number of furan rings is 1. The Hall–Kier alpha value is -2.60. The van der Waals surface area contributed by atoms with E-state index in [9.17, 15) is 9.18 Å². The highest BCUT2D eigenvalue weighted by atomic mass is 32.1. The molecule has 2 aromatic heterocycles. The van der Waals surface area contributed by atoms with Gasteiger partial charge in [-0.3, -0.25) is 4.79 Å². The molecule has 0 fully saturated rings. The maximum Gasteiger partial charge on any atom is 0.251 e. The van der Waals surface area contributed by atoms with Gasteiger partial charge >= 0.3 is 0 Å². The van der Waals surface area contributed by atoms with Gasteiger partial charge in [0.15, 0.2) is 11.6 Å². The largest absolute Gasteiger partial charge is 0.494 e. The first-order chi connectivity index (χ1) is 11.2. The summed E-state index contributed by atoms with van der Waals surface area (Å²) in [5.74, 6) is 0.547. The minimum atomic E-state index is -0.571. The zero-order valence-corrected chi connectivity index (χ0v) is 13.2. The number of hydrogen-bond acceptors (Lipinski definition) is 4. The van der Waals surface area contributed by atoms with E-state index < -0.39 is 5.82 Å². The fraction of sp³-hybridized carbons (Fsp3) is 0.118. The van der Waals surface area contributed by atoms with Crippen molar-refractivity contribution in [3.05, 3.63) is 64.3 Å². The van der Waals surface area contributed by atoms with Crippen molar-refractivity contribution in [2.24, 2.45) is 0 Å². The van der Waals surface area contributed by atoms with E-state index in [1.54, 1.807) is 11.3 Å². The van der Waals surface area contributed by atoms with Crippen LogP contribution in [0.25, 0.3) is 11.3 Å². The van der Waals surface area contributed by atoms with Crippen molar-refractivity contribution >= 4 is 17.2 Å². The van der Waals surface area contributed by atoms with Crippen LogP contribution in [-0.4, -0.2) is 13.0 Å². The third-order valence-electron chi connectivity index (χ3n) is 3.30. The van der Waals surface area contributed by atoms with Crippen LogP contribution in [-0.2, 0) is 6.54 Å². The van der Waals surface area contributed by atoms with Crippen molar-refractivity contribution in [2.75, 3.05) is 7.11 Å². The standard InChI is InChI=1S/C17H14FNO3S/c1-21-16-4-2-11(8-14(16)18)17(20)19-9-13-3-5-15(22-13)12-6-7-23-10-12/h2-8,10H,9H2,1H3,(H,19,20). The molecule has 0 atom stereocenters. The van der Waals surface area contributed by atoms with Crippen LogP contribution >= 0.6 is 11.3 Å². The Labute approximate surface area is 136 Å². The summed E-state index contributed by atoms with van der Waals surface area (Å²) in [5.41, 5.74) is 1.23. The van der Waals surface area contributed by atoms with Crippen LogP contribution < -0.4 is 10.1 Å². The second kappa shape index (κ2) is 6.66. The van der Waals surface area contributed by atoms with Gasteiger partial charge in [0, 0.05) is 16.5 Å². The van der Waals surface area contributed by atoms with Crippen molar-refractivity contribution in [2.45, 2.75) is 6.54 Å². The molecule has 2 heterocycles. The van der Waals surface area contributed by atoms with Gasteiger partial charge in [0.05, 0.1) is 13.7 Å². The summed E-state index contributed by atoms with van der Waals surface area (Å²) in [6.45, 7) is 0.233. The molecule has 1 amide bonds. The molecule has 0 unspecified atom stereocenters. The van der Waals surface area contributed by atoms with E-state index in [1.165, 1.54) is 19.2 Å². The molecular formula is C17H14FNO3S. The molecule has 118 valence electrons. The molecule has 0 radical (unpaired) electrons. The van der Waals surface area contributed by atoms with Crippen LogP contribution in [0.1, 0.15) is 16.1 Å². The Balaban J connectivity index is 1.64. The van der Waals surface area contributed by atoms with Gasteiger partial charge in [-0.2, -0.15) is 11.3 Å². The summed E-state index contributed by atoms with van der Waals surface area (Å²) in [4.78, 5) is 12.0. The Morgan fingerprint density at radius 2 is 2.17 bits per heavy atom. The Kier molecular flexibility index (Phi) is 4.43. The highest BCUT2D eigenvalue weighted by Gasteiger charge is 2.11. The summed E-state index contributed by atoms with van der Waals surface area (Å²) in [5, 5.41) is 6.66. The summed E-state index contributed by atoms with van der Waals surface area (Å²) < 4.78 is 24.1. The number of benzene rings is 1. The normalized spacial score (nSPS) is 10.5. The minimum Gasteiger partial charge on any atom is -0.494 e. The van der Waals surface area contributed by atoms with Gasteiger partial charge in [-0.25, -0.2) is 4.39 Å². The fourth-order valence-electron chi connectivity index (χ4n) is 2.11. The fourth-order valence-corrected chi connectivity index (χ4v) is 2.75. The predicted molar refractivity (Wildman–Crippen MR) is 86.1 cm³/mol. The van der Waals surface area contributed by atoms with E-state index in [0.717, 1.165) is 17.4 Å². The lowest BCUT2D eigenvalue weighted by atomic mass is 10.2. The molecule has 0 bridgehead atoms. The van der Waals surface area contributed by atoms with Crippen LogP contribution in [0, 0.1) is 5.82 Å². The number of carbonyl (C=O) groups is 1. The molecule has 23 heavy (non-hydrogen) atoms. The minimum absolute atomic E-state index is 0.105. The van der Waals surface area contributed by atoms with Crippen LogP contribution in [0.3, 0.4) is 0 Å². The van der Waals surface area contributed by atoms with Crippen molar-refractivity contribution < 1.29 is 18.3 Å². The van der Waals surface area contributed by atoms with Crippen molar-refractivity contribution in [1.82, 2.24) is 5.32 Å². The second-order valence-corrected chi connectivity index (χ2v) is 5.59. The highest BCUT2D eigenvalue weighted by molar-refractivity contribution is 7.08. The predicted octanol–water partition coefficient (Wildman–Crippen LogP) is 4.09. The van der Waals surface area contributed by atoms with Crippen molar-refractivity contribution in [3.8, 4) is 17.1 Å². The van der Waals surface area contributed by atoms with Gasteiger partial charge in [-0.1, -0.05) is 0 Å². The first-order valence-electron chi connectivity index (χ1n) is 6.90. The number of thiophene rings is 1. The van der Waals surface area contributed by atoms with E-state index in [-0.39, 0.29) is 23.8 Å². The molecule has 4 nitrogen and oxygen atoms in total. The number of methoxy groups -OCH3 is 1. The molecule has 6 heteroatoms. The smallest absolute Gasteiger partial charge is 0.251 e. The SMILES string of the molecule is COc1ccc(C(=O)NCc2ccc(-c3ccsc3)o2)cc1F. The van der Waals surface area contributed by atoms with Crippen LogP contribution in [0.5, 0.6) is 5.75 Å². The second-order valence-electron chi connectivity index (χ2n) is 4.81. The third-order valence-corrected chi connectivity index (χ3v) is 3.99. The van der Waals surface area contributed by atoms with E-state index in [0.29, 0.717) is 5.76 Å². The molecule has 3 rings (SSSR count). The number of carbonyl (C=O) groups excluding carboxylic acids is 1. The van der Waals surface area contributed by atoms with Crippen LogP contribution in [0.15, 0.2) is 51.6 Å². The molecule has 0 aliphatic carbocycles. The van der Waals surface area contributed by atoms with Gasteiger partial charge in [-0.05, 0) is 41.8 Å². The number of ether oxygens (including phenoxy) is 1. The quantitative estimate of drug-likeness (QED) is 0.766. The summed E-state index contributed by atoms with van der Waals surface area (Å²) in [6, 6.07) is 9.71. The van der Waals surface area contributed by atoms with Gasteiger partial charge in [0.2, 0.25) is 0 Å². The summed E-state index contributed by atoms with van der Waals surface area (Å²) in [6.07, 6.45) is 0. The summed E-state index contributed by atoms with van der Waals surface area (Å²) in [7, 11) is 1.38. The zero-order valence-electron chi connectivity index (χ0n) is 12.3. The first-order valence-corrected chi connectivity index (χ1v) is 7.84.